The summed E-state index contributed by atoms with van der Waals surface area (Å²) >= 11 is 0. The van der Waals surface area contributed by atoms with Gasteiger partial charge in [-0.3, -0.25) is 0 Å². The van der Waals surface area contributed by atoms with Crippen LogP contribution >= 0.6 is 0 Å². The largest absolute Gasteiger partial charge is 0.403 e. The van der Waals surface area contributed by atoms with Crippen LogP contribution < -0.4 is 11.5 Å². The minimum Gasteiger partial charge on any atom is -0.403 e. The van der Waals surface area contributed by atoms with Crippen molar-refractivity contribution in [2.75, 3.05) is 0 Å². The third-order valence-electron chi connectivity index (χ3n) is 4.76. The first kappa shape index (κ1) is 15.8. The van der Waals surface area contributed by atoms with Crippen LogP contribution in [-0.2, 0) is 6.54 Å². The van der Waals surface area contributed by atoms with Gasteiger partial charge in [-0.2, -0.15) is 0 Å². The van der Waals surface area contributed by atoms with Gasteiger partial charge in [0.05, 0.1) is 11.4 Å². The van der Waals surface area contributed by atoms with E-state index in [-0.39, 0.29) is 0 Å². The molecule has 1 saturated carbocycles. The third-order valence-corrected chi connectivity index (χ3v) is 4.76. The Bertz CT molecular complexity index is 676. The van der Waals surface area contributed by atoms with Crippen LogP contribution in [0.1, 0.15) is 55.1 Å². The first-order chi connectivity index (χ1) is 11.2. The number of nitrogens with zero attached hydrogens (tertiary/aromatic N) is 2. The molecule has 4 N–H and O–H groups in total. The Morgan fingerprint density at radius 1 is 1.17 bits per heavy atom. The van der Waals surface area contributed by atoms with Gasteiger partial charge in [-0.1, -0.05) is 49.1 Å². The van der Waals surface area contributed by atoms with E-state index in [1.807, 2.05) is 6.20 Å². The molecule has 1 aliphatic carbocycles. The summed E-state index contributed by atoms with van der Waals surface area (Å²) in [7, 11) is 0. The van der Waals surface area contributed by atoms with Gasteiger partial charge in [-0.05, 0) is 19.8 Å². The molecular weight excluding hydrogens is 284 g/mol. The molecule has 0 saturated heterocycles. The molecular formula is C19H26N4. The maximum Gasteiger partial charge on any atom is 0.116 e. The number of aromatic nitrogens is 2. The zero-order valence-corrected chi connectivity index (χ0v) is 13.8. The van der Waals surface area contributed by atoms with Crippen molar-refractivity contribution in [2.45, 2.75) is 51.5 Å². The van der Waals surface area contributed by atoms with E-state index in [4.69, 9.17) is 16.5 Å². The van der Waals surface area contributed by atoms with Gasteiger partial charge in [0.2, 0.25) is 0 Å². The summed E-state index contributed by atoms with van der Waals surface area (Å²) in [5.41, 5.74) is 16.1. The third kappa shape index (κ3) is 3.17. The highest BCUT2D eigenvalue weighted by molar-refractivity contribution is 5.64. The van der Waals surface area contributed by atoms with Crippen LogP contribution in [0, 0.1) is 6.92 Å². The number of imidazole rings is 1. The van der Waals surface area contributed by atoms with Gasteiger partial charge in [0.25, 0.3) is 0 Å². The second-order valence-corrected chi connectivity index (χ2v) is 6.38. The summed E-state index contributed by atoms with van der Waals surface area (Å²) in [6.45, 7) is 2.55. The zero-order valence-electron chi connectivity index (χ0n) is 13.8. The van der Waals surface area contributed by atoms with Crippen molar-refractivity contribution in [3.05, 3.63) is 47.5 Å². The highest BCUT2D eigenvalue weighted by Gasteiger charge is 2.24. The Hall–Kier alpha value is -2.07. The van der Waals surface area contributed by atoms with Crippen molar-refractivity contribution in [1.29, 1.82) is 0 Å². The molecule has 1 aromatic heterocycles. The first-order valence-electron chi connectivity index (χ1n) is 8.51. The van der Waals surface area contributed by atoms with E-state index in [0.717, 1.165) is 22.8 Å². The average Bonchev–Trinajstić information content (AvgIpc) is 2.95. The van der Waals surface area contributed by atoms with Crippen molar-refractivity contribution in [1.82, 2.24) is 9.55 Å². The fourth-order valence-corrected chi connectivity index (χ4v) is 3.52. The smallest absolute Gasteiger partial charge is 0.116 e. The van der Waals surface area contributed by atoms with Gasteiger partial charge in [0.15, 0.2) is 0 Å². The molecule has 0 spiro atoms. The van der Waals surface area contributed by atoms with E-state index in [2.05, 4.69) is 35.8 Å². The summed E-state index contributed by atoms with van der Waals surface area (Å²) in [5, 5.41) is 0. The summed E-state index contributed by atoms with van der Waals surface area (Å²) in [6.07, 6.45) is 9.77. The van der Waals surface area contributed by atoms with Crippen molar-refractivity contribution in [3.63, 3.8) is 0 Å². The minimum absolute atomic E-state index is 0.452. The van der Waals surface area contributed by atoms with Gasteiger partial charge in [-0.15, -0.1) is 0 Å². The van der Waals surface area contributed by atoms with Crippen LogP contribution in [-0.4, -0.2) is 9.55 Å². The van der Waals surface area contributed by atoms with Gasteiger partial charge in [0, 0.05) is 30.4 Å². The zero-order chi connectivity index (χ0) is 16.2. The van der Waals surface area contributed by atoms with Crippen LogP contribution in [0.5, 0.6) is 0 Å². The van der Waals surface area contributed by atoms with Crippen molar-refractivity contribution >= 4 is 6.20 Å². The Balaban J connectivity index is 2.10. The van der Waals surface area contributed by atoms with Crippen LogP contribution in [0.4, 0.5) is 0 Å². The number of aryl methyl sites for hydroxylation is 1. The molecule has 4 nitrogen and oxygen atoms in total. The number of hydrogen-bond acceptors (Lipinski definition) is 3. The summed E-state index contributed by atoms with van der Waals surface area (Å²) in [4.78, 5) is 5.00. The lowest BCUT2D eigenvalue weighted by Crippen LogP contribution is -2.12. The molecule has 23 heavy (non-hydrogen) atoms. The molecule has 0 amide bonds. The average molecular weight is 310 g/mol. The summed E-state index contributed by atoms with van der Waals surface area (Å²) < 4.78 is 2.12. The topological polar surface area (TPSA) is 69.9 Å². The molecule has 3 rings (SSSR count). The first-order valence-corrected chi connectivity index (χ1v) is 8.51. The molecule has 1 aromatic carbocycles. The van der Waals surface area contributed by atoms with Crippen LogP contribution in [0.3, 0.4) is 0 Å². The molecule has 4 heteroatoms. The Kier molecular flexibility index (Phi) is 4.82. The molecule has 0 unspecified atom stereocenters. The predicted molar refractivity (Wildman–Crippen MR) is 95.6 cm³/mol. The lowest BCUT2D eigenvalue weighted by atomic mass is 9.88. The van der Waals surface area contributed by atoms with Gasteiger partial charge in [-0.25, -0.2) is 4.98 Å². The van der Waals surface area contributed by atoms with E-state index in [1.165, 1.54) is 37.7 Å². The van der Waals surface area contributed by atoms with E-state index in [1.54, 1.807) is 6.20 Å². The molecule has 1 fully saturated rings. The minimum atomic E-state index is 0.452. The van der Waals surface area contributed by atoms with Crippen LogP contribution in [0.15, 0.2) is 30.5 Å². The quantitative estimate of drug-likeness (QED) is 0.903. The summed E-state index contributed by atoms with van der Waals surface area (Å²) in [5.74, 6) is 1.62. The second kappa shape index (κ2) is 7.01. The Morgan fingerprint density at radius 3 is 2.48 bits per heavy atom. The standard InChI is InChI=1S/C19H26N4/c1-14-7-9-15(10-8-14)18-17(13-21)23(12-11-20)19(22-18)16-5-3-2-4-6-16/h7-12,16H,2-6,13,20-21H2,1H3/b12-11-. The maximum atomic E-state index is 6.06. The van der Waals surface area contributed by atoms with Crippen LogP contribution in [0.25, 0.3) is 17.5 Å². The fourth-order valence-electron chi connectivity index (χ4n) is 3.52. The van der Waals surface area contributed by atoms with Crippen LogP contribution in [0.2, 0.25) is 0 Å². The lowest BCUT2D eigenvalue weighted by molar-refractivity contribution is 0.426. The molecule has 0 radical (unpaired) electrons. The molecule has 122 valence electrons. The molecule has 0 atom stereocenters. The van der Waals surface area contributed by atoms with Crippen molar-refractivity contribution in [3.8, 4) is 11.3 Å². The fraction of sp³-hybridized carbons (Fsp3) is 0.421. The van der Waals surface area contributed by atoms with Crippen molar-refractivity contribution < 1.29 is 0 Å². The Morgan fingerprint density at radius 2 is 1.87 bits per heavy atom. The normalized spacial score (nSPS) is 16.3. The van der Waals surface area contributed by atoms with E-state index in [9.17, 15) is 0 Å². The highest BCUT2D eigenvalue weighted by Crippen LogP contribution is 2.35. The number of hydrogen-bond donors (Lipinski definition) is 2. The van der Waals surface area contributed by atoms with E-state index >= 15 is 0 Å². The maximum absolute atomic E-state index is 6.06. The highest BCUT2D eigenvalue weighted by atomic mass is 15.1. The molecule has 0 aliphatic heterocycles. The number of benzene rings is 1. The lowest BCUT2D eigenvalue weighted by Gasteiger charge is -2.21. The molecule has 0 bridgehead atoms. The van der Waals surface area contributed by atoms with E-state index in [0.29, 0.717) is 12.5 Å². The van der Waals surface area contributed by atoms with Gasteiger partial charge in [0.1, 0.15) is 5.82 Å². The predicted octanol–water partition coefficient (Wildman–Crippen LogP) is 3.75. The molecule has 1 aliphatic rings. The molecule has 1 heterocycles. The van der Waals surface area contributed by atoms with E-state index < -0.39 is 0 Å². The SMILES string of the molecule is Cc1ccc(-c2nc(C3CCCCC3)n(/C=C\N)c2CN)cc1. The van der Waals surface area contributed by atoms with Gasteiger partial charge < -0.3 is 16.0 Å². The Labute approximate surface area is 138 Å². The number of nitrogens with two attached hydrogens (primary N) is 2. The second-order valence-electron chi connectivity index (χ2n) is 6.38. The van der Waals surface area contributed by atoms with Crippen molar-refractivity contribution in [2.24, 2.45) is 11.5 Å². The van der Waals surface area contributed by atoms with Gasteiger partial charge >= 0.3 is 0 Å². The summed E-state index contributed by atoms with van der Waals surface area (Å²) in [6, 6.07) is 8.48. The number of rotatable bonds is 4. The molecule has 2 aromatic rings. The monoisotopic (exact) mass is 310 g/mol.